The van der Waals surface area contributed by atoms with Crippen LogP contribution in [-0.4, -0.2) is 78.2 Å². The highest BCUT2D eigenvalue weighted by atomic mass is 19.4. The highest BCUT2D eigenvalue weighted by Crippen LogP contribution is 2.36. The molecule has 2 fully saturated rings. The van der Waals surface area contributed by atoms with Gasteiger partial charge in [0.1, 0.15) is 11.4 Å². The zero-order valence-corrected chi connectivity index (χ0v) is 22.7. The summed E-state index contributed by atoms with van der Waals surface area (Å²) < 4.78 is 46.6. The molecule has 10 nitrogen and oxygen atoms in total. The van der Waals surface area contributed by atoms with Crippen LogP contribution in [0.4, 0.5) is 30.6 Å². The van der Waals surface area contributed by atoms with Crippen molar-refractivity contribution in [3.63, 3.8) is 0 Å². The maximum atomic E-state index is 13.8. The van der Waals surface area contributed by atoms with Gasteiger partial charge in [0.05, 0.1) is 19.1 Å². The second-order valence-electron chi connectivity index (χ2n) is 10.3. The smallest absolute Gasteiger partial charge is 0.379 e. The van der Waals surface area contributed by atoms with Crippen LogP contribution in [0.1, 0.15) is 49.0 Å². The first kappa shape index (κ1) is 29.5. The van der Waals surface area contributed by atoms with Gasteiger partial charge in [0.25, 0.3) is 5.91 Å². The molecule has 2 atom stereocenters. The molecule has 1 aromatic carbocycles. The molecule has 40 heavy (non-hydrogen) atoms. The molecule has 218 valence electrons. The number of hydrogen-bond acceptors (Lipinski definition) is 8. The van der Waals surface area contributed by atoms with Crippen LogP contribution in [0.2, 0.25) is 0 Å². The van der Waals surface area contributed by atoms with Gasteiger partial charge in [-0.3, -0.25) is 14.5 Å². The number of amides is 2. The highest BCUT2D eigenvalue weighted by molar-refractivity contribution is 5.94. The molecule has 2 aliphatic rings. The number of anilines is 3. The van der Waals surface area contributed by atoms with Crippen LogP contribution in [0.25, 0.3) is 0 Å². The number of halogens is 3. The Hall–Kier alpha value is -3.45. The molecule has 1 aliphatic carbocycles. The van der Waals surface area contributed by atoms with Crippen LogP contribution in [-0.2, 0) is 15.7 Å². The Morgan fingerprint density at radius 1 is 1.12 bits per heavy atom. The first-order valence-electron chi connectivity index (χ1n) is 13.6. The first-order chi connectivity index (χ1) is 19.1. The number of nitrogens with zero attached hydrogens (tertiary/aromatic N) is 3. The molecule has 0 bridgehead atoms. The van der Waals surface area contributed by atoms with E-state index < -0.39 is 23.7 Å². The quantitative estimate of drug-likeness (QED) is 0.347. The molecule has 2 aromatic rings. The number of rotatable bonds is 10. The maximum Gasteiger partial charge on any atom is 0.421 e. The number of alkyl halides is 3. The predicted octanol–water partition coefficient (Wildman–Crippen LogP) is 3.41. The second-order valence-corrected chi connectivity index (χ2v) is 10.3. The average molecular weight is 564 g/mol. The summed E-state index contributed by atoms with van der Waals surface area (Å²) in [5, 5.41) is 11.5. The Kier molecular flexibility index (Phi) is 9.80. The minimum atomic E-state index is -4.67. The summed E-state index contributed by atoms with van der Waals surface area (Å²) in [5.74, 6) is -1.28. The molecule has 0 unspecified atom stereocenters. The van der Waals surface area contributed by atoms with Gasteiger partial charge in [-0.25, -0.2) is 4.98 Å². The van der Waals surface area contributed by atoms with Gasteiger partial charge in [-0.15, -0.1) is 0 Å². The van der Waals surface area contributed by atoms with Crippen molar-refractivity contribution in [1.29, 1.82) is 0 Å². The molecule has 1 saturated heterocycles. The van der Waals surface area contributed by atoms with Crippen LogP contribution in [0.3, 0.4) is 0 Å². The Labute approximate surface area is 231 Å². The van der Waals surface area contributed by atoms with E-state index in [1.54, 1.807) is 24.3 Å². The van der Waals surface area contributed by atoms with E-state index in [0.29, 0.717) is 43.9 Å². The fourth-order valence-corrected chi connectivity index (χ4v) is 4.86. The van der Waals surface area contributed by atoms with E-state index in [0.717, 1.165) is 32.3 Å². The average Bonchev–Trinajstić information content (AvgIpc) is 3.37. The van der Waals surface area contributed by atoms with Gasteiger partial charge < -0.3 is 26.0 Å². The third kappa shape index (κ3) is 8.04. The van der Waals surface area contributed by atoms with Gasteiger partial charge in [0.2, 0.25) is 11.9 Å². The third-order valence-corrected chi connectivity index (χ3v) is 6.92. The van der Waals surface area contributed by atoms with Crippen molar-refractivity contribution in [2.75, 3.05) is 50.0 Å². The molecule has 1 saturated carbocycles. The largest absolute Gasteiger partial charge is 0.421 e. The van der Waals surface area contributed by atoms with E-state index in [1.165, 1.54) is 0 Å². The summed E-state index contributed by atoms with van der Waals surface area (Å²) >= 11 is 0. The Bertz CT molecular complexity index is 1160. The number of morpholine rings is 1. The monoisotopic (exact) mass is 563 g/mol. The molecule has 1 aromatic heterocycles. The molecule has 0 radical (unpaired) electrons. The zero-order chi connectivity index (χ0) is 28.7. The lowest BCUT2D eigenvalue weighted by Gasteiger charge is -2.26. The molecule has 4 rings (SSSR count). The van der Waals surface area contributed by atoms with Crippen molar-refractivity contribution < 1.29 is 27.5 Å². The lowest BCUT2D eigenvalue weighted by atomic mass is 10.0. The van der Waals surface area contributed by atoms with Crippen molar-refractivity contribution in [1.82, 2.24) is 25.5 Å². The van der Waals surface area contributed by atoms with Crippen molar-refractivity contribution in [2.24, 2.45) is 5.92 Å². The molecule has 2 heterocycles. The van der Waals surface area contributed by atoms with Crippen molar-refractivity contribution in [3.05, 3.63) is 41.6 Å². The Morgan fingerprint density at radius 3 is 2.52 bits per heavy atom. The lowest BCUT2D eigenvalue weighted by molar-refractivity contribution is -0.137. The van der Waals surface area contributed by atoms with E-state index in [9.17, 15) is 22.8 Å². The Morgan fingerprint density at radius 2 is 1.85 bits per heavy atom. The molecule has 4 N–H and O–H groups in total. The van der Waals surface area contributed by atoms with Crippen LogP contribution < -0.4 is 21.3 Å². The topological polar surface area (TPSA) is 121 Å². The molecule has 13 heteroatoms. The van der Waals surface area contributed by atoms with Gasteiger partial charge >= 0.3 is 6.18 Å². The van der Waals surface area contributed by atoms with Gasteiger partial charge in [0.15, 0.2) is 0 Å². The van der Waals surface area contributed by atoms with Crippen LogP contribution in [0.5, 0.6) is 0 Å². The SMILES string of the molecule is CC(C)NC(=O)[C@H]1CCC[C@H]1Nc1nc(Nc2ccc(C(=O)NCCN3CCOCC3)cc2)ncc1C(F)(F)F. The number of hydrogen-bond donors (Lipinski definition) is 4. The highest BCUT2D eigenvalue weighted by Gasteiger charge is 2.39. The van der Waals surface area contributed by atoms with Gasteiger partial charge in [-0.1, -0.05) is 6.42 Å². The predicted molar refractivity (Wildman–Crippen MR) is 144 cm³/mol. The number of benzene rings is 1. The van der Waals surface area contributed by atoms with Gasteiger partial charge in [-0.2, -0.15) is 18.2 Å². The van der Waals surface area contributed by atoms with Crippen LogP contribution in [0.15, 0.2) is 30.5 Å². The van der Waals surface area contributed by atoms with E-state index in [-0.39, 0.29) is 29.6 Å². The number of ether oxygens (including phenoxy) is 1. The Balaban J connectivity index is 1.40. The molecule has 2 amide bonds. The minimum absolute atomic E-state index is 0.0422. The fourth-order valence-electron chi connectivity index (χ4n) is 4.86. The van der Waals surface area contributed by atoms with Crippen molar-refractivity contribution in [3.8, 4) is 0 Å². The normalized spacial score (nSPS) is 19.9. The molecule has 1 aliphatic heterocycles. The maximum absolute atomic E-state index is 13.8. The summed E-state index contributed by atoms with van der Waals surface area (Å²) in [7, 11) is 0. The first-order valence-corrected chi connectivity index (χ1v) is 13.6. The molecular weight excluding hydrogens is 527 g/mol. The lowest BCUT2D eigenvalue weighted by Crippen LogP contribution is -2.41. The van der Waals surface area contributed by atoms with E-state index >= 15 is 0 Å². The van der Waals surface area contributed by atoms with Crippen molar-refractivity contribution in [2.45, 2.75) is 51.4 Å². The van der Waals surface area contributed by atoms with Gasteiger partial charge in [0, 0.05) is 55.7 Å². The summed E-state index contributed by atoms with van der Waals surface area (Å²) in [5.41, 5.74) is -0.0436. The summed E-state index contributed by atoms with van der Waals surface area (Å²) in [6, 6.07) is 5.95. The number of aromatic nitrogens is 2. The number of carbonyl (C=O) groups excluding carboxylic acids is 2. The summed E-state index contributed by atoms with van der Waals surface area (Å²) in [4.78, 5) is 35.3. The third-order valence-electron chi connectivity index (χ3n) is 6.92. The van der Waals surface area contributed by atoms with Gasteiger partial charge in [-0.05, 0) is 51.0 Å². The fraction of sp³-hybridized carbons (Fsp3) is 0.556. The van der Waals surface area contributed by atoms with Crippen molar-refractivity contribution >= 4 is 29.3 Å². The standard InChI is InChI=1S/C27H36F3N7O3/c1-17(2)33-25(39)20-4-3-5-22(20)35-23-21(27(28,29)30)16-32-26(36-23)34-19-8-6-18(7-9-19)24(38)31-10-11-37-12-14-40-15-13-37/h6-9,16-17,20,22H,3-5,10-15H2,1-2H3,(H,31,38)(H,33,39)(H2,32,34,35,36)/t20-,22+/m0/s1. The number of carbonyl (C=O) groups is 2. The summed E-state index contributed by atoms with van der Waals surface area (Å²) in [6.07, 6.45) is -2.09. The zero-order valence-electron chi connectivity index (χ0n) is 22.7. The van der Waals surface area contributed by atoms with Crippen LogP contribution in [0, 0.1) is 5.92 Å². The molecule has 0 spiro atoms. The second kappa shape index (κ2) is 13.3. The van der Waals surface area contributed by atoms with Crippen LogP contribution >= 0.6 is 0 Å². The van der Waals surface area contributed by atoms with E-state index in [2.05, 4.69) is 36.1 Å². The number of nitrogens with one attached hydrogen (secondary N) is 4. The summed E-state index contributed by atoms with van der Waals surface area (Å²) in [6.45, 7) is 7.99. The molecular formula is C27H36F3N7O3. The minimum Gasteiger partial charge on any atom is -0.379 e. The van der Waals surface area contributed by atoms with E-state index in [4.69, 9.17) is 4.74 Å². The van der Waals surface area contributed by atoms with E-state index in [1.807, 2.05) is 13.8 Å².